The third kappa shape index (κ3) is 6.56. The first kappa shape index (κ1) is 20.7. The number of carbonyl (C=O) groups is 1. The van der Waals surface area contributed by atoms with Crippen LogP contribution < -0.4 is 0 Å². The summed E-state index contributed by atoms with van der Waals surface area (Å²) in [7, 11) is 0. The van der Waals surface area contributed by atoms with E-state index < -0.39 is 0 Å². The molecule has 1 heterocycles. The lowest BCUT2D eigenvalue weighted by Gasteiger charge is -2.26. The Hall–Kier alpha value is -2.00. The molecule has 0 N–H and O–H groups in total. The van der Waals surface area contributed by atoms with Gasteiger partial charge in [-0.2, -0.15) is 0 Å². The highest BCUT2D eigenvalue weighted by molar-refractivity contribution is 5.95. The van der Waals surface area contributed by atoms with Crippen LogP contribution in [0.1, 0.15) is 66.4 Å². The van der Waals surface area contributed by atoms with Crippen LogP contribution in [0.15, 0.2) is 48.5 Å². The molecule has 1 aliphatic heterocycles. The van der Waals surface area contributed by atoms with Gasteiger partial charge < -0.3 is 4.90 Å². The van der Waals surface area contributed by atoms with Crippen LogP contribution in [0.25, 0.3) is 0 Å². The minimum atomic E-state index is -0.298. The van der Waals surface area contributed by atoms with Crippen LogP contribution in [-0.2, 0) is 12.8 Å². The van der Waals surface area contributed by atoms with Gasteiger partial charge in [0.1, 0.15) is 5.82 Å². The molecule has 3 heteroatoms. The van der Waals surface area contributed by atoms with E-state index in [4.69, 9.17) is 0 Å². The van der Waals surface area contributed by atoms with Crippen molar-refractivity contribution in [3.63, 3.8) is 0 Å². The molecule has 0 radical (unpaired) electrons. The van der Waals surface area contributed by atoms with Gasteiger partial charge >= 0.3 is 0 Å². The summed E-state index contributed by atoms with van der Waals surface area (Å²) in [5, 5.41) is 0. The molecule has 0 aliphatic carbocycles. The minimum Gasteiger partial charge on any atom is -0.303 e. The van der Waals surface area contributed by atoms with Crippen molar-refractivity contribution in [2.75, 3.05) is 19.6 Å². The fraction of sp³-hybridized carbons (Fsp3) is 0.480. The van der Waals surface area contributed by atoms with Crippen LogP contribution in [0, 0.1) is 5.82 Å². The van der Waals surface area contributed by atoms with E-state index in [-0.39, 0.29) is 11.6 Å². The standard InChI is InChI=1S/C25H32FNO/c26-24-16-14-23(15-17-24)25(28)13-5-4-11-21-9-2-3-10-22(21)12-8-20-27-18-6-1-7-19-27/h2-3,9-10,14-17H,1,4-8,11-13,18-20H2. The molecule has 0 unspecified atom stereocenters. The third-order valence-electron chi connectivity index (χ3n) is 5.75. The number of halogens is 1. The van der Waals surface area contributed by atoms with Gasteiger partial charge in [-0.15, -0.1) is 0 Å². The second-order valence-electron chi connectivity index (χ2n) is 7.91. The number of unbranched alkanes of at least 4 members (excludes halogenated alkanes) is 1. The van der Waals surface area contributed by atoms with Crippen molar-refractivity contribution >= 4 is 5.78 Å². The zero-order chi connectivity index (χ0) is 19.6. The molecule has 0 aromatic heterocycles. The first-order chi connectivity index (χ1) is 13.7. The summed E-state index contributed by atoms with van der Waals surface area (Å²) >= 11 is 0. The zero-order valence-corrected chi connectivity index (χ0v) is 16.8. The summed E-state index contributed by atoms with van der Waals surface area (Å²) in [4.78, 5) is 14.8. The third-order valence-corrected chi connectivity index (χ3v) is 5.75. The van der Waals surface area contributed by atoms with Crippen molar-refractivity contribution in [2.45, 2.75) is 57.8 Å². The molecule has 2 aromatic carbocycles. The van der Waals surface area contributed by atoms with E-state index in [2.05, 4.69) is 29.2 Å². The first-order valence-corrected chi connectivity index (χ1v) is 10.8. The molecule has 0 saturated carbocycles. The summed E-state index contributed by atoms with van der Waals surface area (Å²) in [5.41, 5.74) is 3.50. The van der Waals surface area contributed by atoms with Crippen molar-refractivity contribution in [1.82, 2.24) is 4.90 Å². The Morgan fingerprint density at radius 2 is 1.46 bits per heavy atom. The van der Waals surface area contributed by atoms with Crippen molar-refractivity contribution in [3.8, 4) is 0 Å². The summed E-state index contributed by atoms with van der Waals surface area (Å²) in [6.45, 7) is 3.74. The molecule has 0 spiro atoms. The number of ketones is 1. The lowest BCUT2D eigenvalue weighted by Crippen LogP contribution is -2.30. The van der Waals surface area contributed by atoms with Crippen LogP contribution in [0.4, 0.5) is 4.39 Å². The van der Waals surface area contributed by atoms with Gasteiger partial charge in [0.05, 0.1) is 0 Å². The molecule has 1 saturated heterocycles. The first-order valence-electron chi connectivity index (χ1n) is 10.8. The number of nitrogens with zero attached hydrogens (tertiary/aromatic N) is 1. The number of rotatable bonds is 10. The predicted molar refractivity (Wildman–Crippen MR) is 113 cm³/mol. The Balaban J connectivity index is 1.40. The van der Waals surface area contributed by atoms with E-state index in [0.717, 1.165) is 25.7 Å². The smallest absolute Gasteiger partial charge is 0.162 e. The van der Waals surface area contributed by atoms with E-state index in [1.807, 2.05) is 0 Å². The maximum atomic E-state index is 13.0. The predicted octanol–water partition coefficient (Wildman–Crippen LogP) is 5.84. The van der Waals surface area contributed by atoms with Crippen LogP contribution in [0.2, 0.25) is 0 Å². The van der Waals surface area contributed by atoms with Gasteiger partial charge in [-0.05, 0) is 100.0 Å². The fourth-order valence-corrected chi connectivity index (χ4v) is 4.10. The molecule has 2 nitrogen and oxygen atoms in total. The Morgan fingerprint density at radius 1 is 0.821 bits per heavy atom. The lowest BCUT2D eigenvalue weighted by atomic mass is 9.97. The van der Waals surface area contributed by atoms with Crippen LogP contribution in [0.5, 0.6) is 0 Å². The Morgan fingerprint density at radius 3 is 2.14 bits per heavy atom. The van der Waals surface area contributed by atoms with Gasteiger partial charge in [0, 0.05) is 12.0 Å². The number of Topliss-reactive ketones (excluding diaryl/α,β-unsaturated/α-hetero) is 1. The highest BCUT2D eigenvalue weighted by atomic mass is 19.1. The number of hydrogen-bond donors (Lipinski definition) is 0. The number of likely N-dealkylation sites (tertiary alicyclic amines) is 1. The van der Waals surface area contributed by atoms with Gasteiger partial charge in [0.2, 0.25) is 0 Å². The molecule has 0 atom stereocenters. The van der Waals surface area contributed by atoms with Crippen molar-refractivity contribution in [2.24, 2.45) is 0 Å². The summed E-state index contributed by atoms with van der Waals surface area (Å²) in [5.74, 6) is -0.191. The van der Waals surface area contributed by atoms with Gasteiger partial charge in [-0.1, -0.05) is 30.7 Å². The Labute approximate surface area is 168 Å². The van der Waals surface area contributed by atoms with Gasteiger partial charge in [-0.3, -0.25) is 4.79 Å². The maximum absolute atomic E-state index is 13.0. The van der Waals surface area contributed by atoms with Crippen LogP contribution in [0.3, 0.4) is 0 Å². The van der Waals surface area contributed by atoms with E-state index in [1.165, 1.54) is 68.6 Å². The largest absolute Gasteiger partial charge is 0.303 e. The quantitative estimate of drug-likeness (QED) is 0.381. The maximum Gasteiger partial charge on any atom is 0.162 e. The molecule has 1 fully saturated rings. The molecular formula is C25H32FNO. The van der Waals surface area contributed by atoms with Crippen LogP contribution >= 0.6 is 0 Å². The number of hydrogen-bond acceptors (Lipinski definition) is 2. The molecule has 0 bridgehead atoms. The lowest BCUT2D eigenvalue weighted by molar-refractivity contribution is 0.0979. The SMILES string of the molecule is O=C(CCCCc1ccccc1CCCN1CCCCC1)c1ccc(F)cc1. The van der Waals surface area contributed by atoms with Crippen molar-refractivity contribution < 1.29 is 9.18 Å². The van der Waals surface area contributed by atoms with E-state index in [9.17, 15) is 9.18 Å². The molecule has 150 valence electrons. The van der Waals surface area contributed by atoms with Gasteiger partial charge in [-0.25, -0.2) is 4.39 Å². The van der Waals surface area contributed by atoms with Crippen molar-refractivity contribution in [1.29, 1.82) is 0 Å². The normalized spacial score (nSPS) is 14.9. The zero-order valence-electron chi connectivity index (χ0n) is 16.8. The molecule has 28 heavy (non-hydrogen) atoms. The highest BCUT2D eigenvalue weighted by Crippen LogP contribution is 2.17. The molecule has 0 amide bonds. The fourth-order valence-electron chi connectivity index (χ4n) is 4.10. The van der Waals surface area contributed by atoms with Crippen LogP contribution in [-0.4, -0.2) is 30.3 Å². The minimum absolute atomic E-state index is 0.106. The van der Waals surface area contributed by atoms with E-state index >= 15 is 0 Å². The van der Waals surface area contributed by atoms with Gasteiger partial charge in [0.25, 0.3) is 0 Å². The Bertz CT molecular complexity index is 734. The van der Waals surface area contributed by atoms with E-state index in [1.54, 1.807) is 12.1 Å². The molecule has 1 aliphatic rings. The monoisotopic (exact) mass is 381 g/mol. The van der Waals surface area contributed by atoms with Gasteiger partial charge in [0.15, 0.2) is 5.78 Å². The van der Waals surface area contributed by atoms with E-state index in [0.29, 0.717) is 12.0 Å². The number of benzene rings is 2. The average molecular weight is 382 g/mol. The number of carbonyl (C=O) groups excluding carboxylic acids is 1. The Kier molecular flexibility index (Phi) is 8.23. The second-order valence-corrected chi connectivity index (χ2v) is 7.91. The highest BCUT2D eigenvalue weighted by Gasteiger charge is 2.10. The molecule has 3 rings (SSSR count). The number of piperidine rings is 1. The number of aryl methyl sites for hydroxylation is 2. The summed E-state index contributed by atoms with van der Waals surface area (Å²) in [6, 6.07) is 14.6. The molecular weight excluding hydrogens is 349 g/mol. The van der Waals surface area contributed by atoms with Crippen molar-refractivity contribution in [3.05, 3.63) is 71.0 Å². The topological polar surface area (TPSA) is 20.3 Å². The average Bonchev–Trinajstić information content (AvgIpc) is 2.73. The second kappa shape index (κ2) is 11.1. The molecule has 2 aromatic rings. The summed E-state index contributed by atoms with van der Waals surface area (Å²) < 4.78 is 13.0. The summed E-state index contributed by atoms with van der Waals surface area (Å²) in [6.07, 6.45) is 9.90.